The molecule has 1 nitrogen and oxygen atoms in total. The Labute approximate surface area is 84.4 Å². The van der Waals surface area contributed by atoms with E-state index < -0.39 is 0 Å². The van der Waals surface area contributed by atoms with Gasteiger partial charge in [0.25, 0.3) is 0 Å². The third kappa shape index (κ3) is 1.94. The van der Waals surface area contributed by atoms with Crippen LogP contribution in [0.2, 0.25) is 0 Å². The zero-order valence-electron chi connectivity index (χ0n) is 8.01. The van der Waals surface area contributed by atoms with Crippen molar-refractivity contribution >= 4 is 0 Å². The quantitative estimate of drug-likeness (QED) is 0.753. The Morgan fingerprint density at radius 1 is 1.14 bits per heavy atom. The first-order valence-electron chi connectivity index (χ1n) is 4.94. The van der Waals surface area contributed by atoms with Crippen molar-refractivity contribution in [2.45, 2.75) is 12.5 Å². The van der Waals surface area contributed by atoms with Gasteiger partial charge in [0.05, 0.1) is 6.10 Å². The molecule has 1 heteroatoms. The van der Waals surface area contributed by atoms with Gasteiger partial charge in [0, 0.05) is 5.92 Å². The van der Waals surface area contributed by atoms with Gasteiger partial charge in [-0.2, -0.15) is 0 Å². The number of aliphatic hydroxyl groups excluding tert-OH is 1. The Hall–Kier alpha value is -1.34. The normalized spacial score (nSPS) is 22.2. The SMILES string of the molecule is OC(c1ccccc1)C1C=CC=CC1. The summed E-state index contributed by atoms with van der Waals surface area (Å²) in [5.41, 5.74) is 0.998. The van der Waals surface area contributed by atoms with Crippen molar-refractivity contribution < 1.29 is 5.11 Å². The average Bonchev–Trinajstić information content (AvgIpc) is 2.30. The summed E-state index contributed by atoms with van der Waals surface area (Å²) in [4.78, 5) is 0. The minimum atomic E-state index is -0.377. The number of aliphatic hydroxyl groups is 1. The molecule has 0 spiro atoms. The maximum atomic E-state index is 10.1. The highest BCUT2D eigenvalue weighted by atomic mass is 16.3. The van der Waals surface area contributed by atoms with Crippen LogP contribution in [0.1, 0.15) is 18.1 Å². The van der Waals surface area contributed by atoms with Gasteiger partial charge < -0.3 is 5.11 Å². The highest BCUT2D eigenvalue weighted by Gasteiger charge is 2.17. The predicted molar refractivity (Wildman–Crippen MR) is 57.8 cm³/mol. The molecule has 2 unspecified atom stereocenters. The largest absolute Gasteiger partial charge is 0.388 e. The van der Waals surface area contributed by atoms with E-state index in [1.807, 2.05) is 42.5 Å². The number of hydrogen-bond donors (Lipinski definition) is 1. The average molecular weight is 186 g/mol. The molecule has 0 saturated heterocycles. The van der Waals surface area contributed by atoms with E-state index in [9.17, 15) is 5.11 Å². The second kappa shape index (κ2) is 4.25. The molecule has 14 heavy (non-hydrogen) atoms. The van der Waals surface area contributed by atoms with Gasteiger partial charge in [0.1, 0.15) is 0 Å². The molecule has 0 fully saturated rings. The fourth-order valence-corrected chi connectivity index (χ4v) is 1.73. The van der Waals surface area contributed by atoms with Crippen LogP contribution in [0.5, 0.6) is 0 Å². The Balaban J connectivity index is 2.12. The first-order chi connectivity index (χ1) is 6.88. The summed E-state index contributed by atoms with van der Waals surface area (Å²) in [6.07, 6.45) is 8.73. The first-order valence-corrected chi connectivity index (χ1v) is 4.94. The first kappa shape index (κ1) is 9.22. The van der Waals surface area contributed by atoms with Crippen molar-refractivity contribution in [2.75, 3.05) is 0 Å². The minimum absolute atomic E-state index is 0.224. The van der Waals surface area contributed by atoms with Crippen LogP contribution in [-0.2, 0) is 0 Å². The van der Waals surface area contributed by atoms with Crippen LogP contribution in [0.4, 0.5) is 0 Å². The molecule has 1 N–H and O–H groups in total. The fraction of sp³-hybridized carbons (Fsp3) is 0.231. The van der Waals surface area contributed by atoms with Gasteiger partial charge in [-0.1, -0.05) is 54.6 Å². The van der Waals surface area contributed by atoms with Crippen LogP contribution in [0, 0.1) is 5.92 Å². The fourth-order valence-electron chi connectivity index (χ4n) is 1.73. The summed E-state index contributed by atoms with van der Waals surface area (Å²) in [5, 5.41) is 10.1. The molecule has 72 valence electrons. The Bertz CT molecular complexity index is 338. The molecule has 0 saturated carbocycles. The summed E-state index contributed by atoms with van der Waals surface area (Å²) in [5.74, 6) is 0.224. The molecule has 0 aromatic heterocycles. The van der Waals surface area contributed by atoms with Crippen molar-refractivity contribution in [3.05, 3.63) is 60.2 Å². The van der Waals surface area contributed by atoms with Crippen molar-refractivity contribution in [1.82, 2.24) is 0 Å². The van der Waals surface area contributed by atoms with Gasteiger partial charge in [-0.3, -0.25) is 0 Å². The third-order valence-corrected chi connectivity index (χ3v) is 2.56. The standard InChI is InChI=1S/C13H14O/c14-13(11-7-3-1-4-8-11)12-9-5-2-6-10-12/h1-9,12-14H,10H2. The molecule has 0 heterocycles. The molecule has 0 bridgehead atoms. The van der Waals surface area contributed by atoms with Gasteiger partial charge in [0.15, 0.2) is 0 Å². The minimum Gasteiger partial charge on any atom is -0.388 e. The van der Waals surface area contributed by atoms with Gasteiger partial charge in [-0.05, 0) is 12.0 Å². The van der Waals surface area contributed by atoms with Crippen molar-refractivity contribution in [3.63, 3.8) is 0 Å². The zero-order chi connectivity index (χ0) is 9.80. The molecule has 1 aromatic carbocycles. The third-order valence-electron chi connectivity index (χ3n) is 2.56. The molecule has 2 atom stereocenters. The molecule has 0 aliphatic heterocycles. The molecular weight excluding hydrogens is 172 g/mol. The number of hydrogen-bond acceptors (Lipinski definition) is 1. The van der Waals surface area contributed by atoms with E-state index in [0.29, 0.717) is 0 Å². The molecule has 0 radical (unpaired) electrons. The predicted octanol–water partition coefficient (Wildman–Crippen LogP) is 2.85. The van der Waals surface area contributed by atoms with E-state index in [4.69, 9.17) is 0 Å². The van der Waals surface area contributed by atoms with Gasteiger partial charge in [-0.25, -0.2) is 0 Å². The van der Waals surface area contributed by atoms with Crippen molar-refractivity contribution in [3.8, 4) is 0 Å². The van der Waals surface area contributed by atoms with Gasteiger partial charge in [-0.15, -0.1) is 0 Å². The number of allylic oxidation sites excluding steroid dienone is 3. The highest BCUT2D eigenvalue weighted by Crippen LogP contribution is 2.27. The topological polar surface area (TPSA) is 20.2 Å². The lowest BCUT2D eigenvalue weighted by Crippen LogP contribution is -2.10. The maximum absolute atomic E-state index is 10.1. The summed E-state index contributed by atoms with van der Waals surface area (Å²) < 4.78 is 0. The van der Waals surface area contributed by atoms with Crippen LogP contribution >= 0.6 is 0 Å². The molecule has 2 rings (SSSR count). The summed E-state index contributed by atoms with van der Waals surface area (Å²) in [6, 6.07) is 9.82. The Morgan fingerprint density at radius 3 is 2.57 bits per heavy atom. The number of benzene rings is 1. The second-order valence-electron chi connectivity index (χ2n) is 3.57. The van der Waals surface area contributed by atoms with Gasteiger partial charge >= 0.3 is 0 Å². The van der Waals surface area contributed by atoms with Crippen LogP contribution in [0.3, 0.4) is 0 Å². The lowest BCUT2D eigenvalue weighted by molar-refractivity contribution is 0.132. The monoisotopic (exact) mass is 186 g/mol. The maximum Gasteiger partial charge on any atom is 0.0855 e. The second-order valence-corrected chi connectivity index (χ2v) is 3.57. The summed E-state index contributed by atoms with van der Waals surface area (Å²) >= 11 is 0. The smallest absolute Gasteiger partial charge is 0.0855 e. The van der Waals surface area contributed by atoms with E-state index in [0.717, 1.165) is 12.0 Å². The lowest BCUT2D eigenvalue weighted by Gasteiger charge is -2.20. The van der Waals surface area contributed by atoms with E-state index in [2.05, 4.69) is 12.2 Å². The number of rotatable bonds is 2. The molecule has 1 aliphatic carbocycles. The van der Waals surface area contributed by atoms with E-state index >= 15 is 0 Å². The Morgan fingerprint density at radius 2 is 1.93 bits per heavy atom. The molecule has 0 amide bonds. The molecule has 1 aromatic rings. The molecular formula is C13H14O. The van der Waals surface area contributed by atoms with Gasteiger partial charge in [0.2, 0.25) is 0 Å². The van der Waals surface area contributed by atoms with Crippen LogP contribution in [0.15, 0.2) is 54.6 Å². The highest BCUT2D eigenvalue weighted by molar-refractivity contribution is 5.22. The van der Waals surface area contributed by atoms with Crippen LogP contribution in [0.25, 0.3) is 0 Å². The molecule has 1 aliphatic rings. The van der Waals surface area contributed by atoms with E-state index in [-0.39, 0.29) is 12.0 Å². The van der Waals surface area contributed by atoms with Crippen molar-refractivity contribution in [2.24, 2.45) is 5.92 Å². The van der Waals surface area contributed by atoms with E-state index in [1.165, 1.54) is 0 Å². The summed E-state index contributed by atoms with van der Waals surface area (Å²) in [7, 11) is 0. The van der Waals surface area contributed by atoms with E-state index in [1.54, 1.807) is 0 Å². The van der Waals surface area contributed by atoms with Crippen LogP contribution < -0.4 is 0 Å². The Kier molecular flexibility index (Phi) is 2.80. The summed E-state index contributed by atoms with van der Waals surface area (Å²) in [6.45, 7) is 0. The zero-order valence-corrected chi connectivity index (χ0v) is 8.01. The van der Waals surface area contributed by atoms with Crippen LogP contribution in [-0.4, -0.2) is 5.11 Å². The lowest BCUT2D eigenvalue weighted by atomic mass is 9.90. The van der Waals surface area contributed by atoms with Crippen molar-refractivity contribution in [1.29, 1.82) is 0 Å².